The topological polar surface area (TPSA) is 83.3 Å². The number of nitrogens with zero attached hydrogens (tertiary/aromatic N) is 3. The Morgan fingerprint density at radius 1 is 1.54 bits per heavy atom. The summed E-state index contributed by atoms with van der Waals surface area (Å²) in [5, 5.41) is 9.32. The van der Waals surface area contributed by atoms with E-state index in [0.717, 1.165) is 5.69 Å². The predicted molar refractivity (Wildman–Crippen MR) is 86.2 cm³/mol. The molecule has 8 heteroatoms. The van der Waals surface area contributed by atoms with E-state index in [4.69, 9.17) is 4.52 Å². The van der Waals surface area contributed by atoms with Crippen molar-refractivity contribution in [1.82, 2.24) is 20.4 Å². The van der Waals surface area contributed by atoms with Gasteiger partial charge in [-0.25, -0.2) is 9.18 Å². The van der Waals surface area contributed by atoms with E-state index < -0.39 is 6.17 Å². The number of hydrogen-bond acceptors (Lipinski definition) is 5. The number of carbonyl (C=O) groups excluding carboxylic acids is 1. The van der Waals surface area contributed by atoms with Gasteiger partial charge < -0.3 is 15.2 Å². The lowest BCUT2D eigenvalue weighted by Gasteiger charge is -2.23. The molecule has 1 aliphatic heterocycles. The van der Waals surface area contributed by atoms with Crippen LogP contribution >= 0.6 is 0 Å². The number of anilines is 1. The van der Waals surface area contributed by atoms with E-state index in [1.54, 1.807) is 24.5 Å². The fourth-order valence-corrected chi connectivity index (χ4v) is 2.84. The third-order valence-corrected chi connectivity index (χ3v) is 3.93. The largest absolute Gasteiger partial charge is 0.360 e. The van der Waals surface area contributed by atoms with Gasteiger partial charge >= 0.3 is 6.03 Å². The number of hydrogen-bond donors (Lipinski definition) is 2. The van der Waals surface area contributed by atoms with Crippen LogP contribution in [0.3, 0.4) is 0 Å². The van der Waals surface area contributed by atoms with Crippen LogP contribution in [0, 0.1) is 6.92 Å². The first-order valence-corrected chi connectivity index (χ1v) is 7.85. The molecular weight excluding hydrogens is 313 g/mol. The molecule has 3 rings (SSSR count). The molecule has 0 aromatic carbocycles. The molecule has 0 radical (unpaired) electrons. The number of alkyl halides is 1. The quantitative estimate of drug-likeness (QED) is 0.876. The van der Waals surface area contributed by atoms with E-state index in [-0.39, 0.29) is 12.1 Å². The number of aryl methyl sites for hydroxylation is 1. The van der Waals surface area contributed by atoms with Crippen LogP contribution in [0.4, 0.5) is 14.9 Å². The summed E-state index contributed by atoms with van der Waals surface area (Å²) in [5.41, 5.74) is 1.41. The summed E-state index contributed by atoms with van der Waals surface area (Å²) in [5.74, 6) is 0.700. The second-order valence-corrected chi connectivity index (χ2v) is 5.93. The lowest BCUT2D eigenvalue weighted by Crippen LogP contribution is -2.41. The summed E-state index contributed by atoms with van der Waals surface area (Å²) in [6.45, 7) is 3.02. The molecule has 0 saturated carbocycles. The highest BCUT2D eigenvalue weighted by atomic mass is 19.1. The van der Waals surface area contributed by atoms with Gasteiger partial charge in [-0.05, 0) is 25.5 Å². The Morgan fingerprint density at radius 2 is 2.42 bits per heavy atom. The van der Waals surface area contributed by atoms with Gasteiger partial charge in [-0.2, -0.15) is 0 Å². The number of carbonyl (C=O) groups is 1. The molecule has 2 aromatic rings. The molecule has 0 aliphatic carbocycles. The van der Waals surface area contributed by atoms with Crippen molar-refractivity contribution in [2.75, 3.05) is 18.4 Å². The standard InChI is InChI=1S/C16H20FN5O2/c1-11-5-15(24-21-11)10-22-9-12(17)6-14(22)8-19-16(23)20-13-3-2-4-18-7-13/h2-5,7,12,14H,6,8-10H2,1H3,(H2,19,20,23)/t12-,14-/m0/s1. The van der Waals surface area contributed by atoms with E-state index >= 15 is 0 Å². The zero-order valence-corrected chi connectivity index (χ0v) is 13.4. The zero-order valence-electron chi connectivity index (χ0n) is 13.4. The fourth-order valence-electron chi connectivity index (χ4n) is 2.84. The van der Waals surface area contributed by atoms with Gasteiger partial charge in [0.25, 0.3) is 0 Å². The normalized spacial score (nSPS) is 20.9. The number of nitrogens with one attached hydrogen (secondary N) is 2. The van der Waals surface area contributed by atoms with Crippen LogP contribution < -0.4 is 10.6 Å². The third-order valence-electron chi connectivity index (χ3n) is 3.93. The lowest BCUT2D eigenvalue weighted by atomic mass is 10.2. The van der Waals surface area contributed by atoms with Crippen LogP contribution in [-0.2, 0) is 6.54 Å². The molecule has 1 saturated heterocycles. The first kappa shape index (κ1) is 16.4. The van der Waals surface area contributed by atoms with E-state index in [1.165, 1.54) is 0 Å². The van der Waals surface area contributed by atoms with Gasteiger partial charge in [-0.3, -0.25) is 9.88 Å². The minimum atomic E-state index is -0.901. The Hall–Kier alpha value is -2.48. The van der Waals surface area contributed by atoms with Gasteiger partial charge in [0.1, 0.15) is 6.17 Å². The molecular formula is C16H20FN5O2. The van der Waals surface area contributed by atoms with Crippen LogP contribution in [0.5, 0.6) is 0 Å². The molecule has 1 fully saturated rings. The number of likely N-dealkylation sites (tertiary alicyclic amines) is 1. The molecule has 2 amide bonds. The first-order chi connectivity index (χ1) is 11.6. The van der Waals surface area contributed by atoms with Crippen LogP contribution in [0.2, 0.25) is 0 Å². The maximum absolute atomic E-state index is 13.8. The number of rotatable bonds is 5. The summed E-state index contributed by atoms with van der Waals surface area (Å²) >= 11 is 0. The van der Waals surface area contributed by atoms with Crippen molar-refractivity contribution in [3.8, 4) is 0 Å². The van der Waals surface area contributed by atoms with E-state index in [9.17, 15) is 9.18 Å². The summed E-state index contributed by atoms with van der Waals surface area (Å²) in [4.78, 5) is 17.8. The maximum atomic E-state index is 13.8. The number of urea groups is 1. The van der Waals surface area contributed by atoms with Crippen LogP contribution in [0.15, 0.2) is 35.1 Å². The van der Waals surface area contributed by atoms with Crippen molar-refractivity contribution in [2.45, 2.75) is 32.1 Å². The molecule has 1 aliphatic rings. The van der Waals surface area contributed by atoms with Gasteiger partial charge in [0.05, 0.1) is 24.1 Å². The average molecular weight is 333 g/mol. The molecule has 24 heavy (non-hydrogen) atoms. The smallest absolute Gasteiger partial charge is 0.319 e. The van der Waals surface area contributed by atoms with E-state index in [2.05, 4.69) is 20.8 Å². The summed E-state index contributed by atoms with van der Waals surface area (Å²) in [6, 6.07) is 4.91. The lowest BCUT2D eigenvalue weighted by molar-refractivity contribution is 0.203. The molecule has 0 unspecified atom stereocenters. The highest BCUT2D eigenvalue weighted by molar-refractivity contribution is 5.88. The number of halogens is 1. The Morgan fingerprint density at radius 3 is 3.12 bits per heavy atom. The molecule has 128 valence electrons. The Labute approximate surface area is 139 Å². The van der Waals surface area contributed by atoms with Gasteiger partial charge in [0.2, 0.25) is 0 Å². The average Bonchev–Trinajstić information content (AvgIpc) is 3.12. The van der Waals surface area contributed by atoms with Crippen molar-refractivity contribution in [2.24, 2.45) is 0 Å². The fraction of sp³-hybridized carbons (Fsp3) is 0.438. The van der Waals surface area contributed by atoms with Gasteiger partial charge in [-0.15, -0.1) is 0 Å². The molecule has 2 N–H and O–H groups in total. The van der Waals surface area contributed by atoms with Crippen molar-refractivity contribution in [3.05, 3.63) is 42.0 Å². The van der Waals surface area contributed by atoms with Gasteiger partial charge in [0, 0.05) is 31.4 Å². The number of pyridine rings is 1. The predicted octanol–water partition coefficient (Wildman–Crippen LogP) is 2.11. The molecule has 0 spiro atoms. The summed E-state index contributed by atoms with van der Waals surface area (Å²) < 4.78 is 19.0. The SMILES string of the molecule is Cc1cc(CN2C[C@@H](F)C[C@H]2CNC(=O)Nc2cccnc2)on1. The minimum absolute atomic E-state index is 0.0787. The van der Waals surface area contributed by atoms with Crippen LogP contribution in [-0.4, -0.2) is 46.4 Å². The summed E-state index contributed by atoms with van der Waals surface area (Å²) in [7, 11) is 0. The third kappa shape index (κ3) is 4.29. The Balaban J connectivity index is 1.51. The summed E-state index contributed by atoms with van der Waals surface area (Å²) in [6.07, 6.45) is 2.68. The number of aromatic nitrogens is 2. The second kappa shape index (κ2) is 7.39. The van der Waals surface area contributed by atoms with Crippen molar-refractivity contribution >= 4 is 11.7 Å². The second-order valence-electron chi connectivity index (χ2n) is 5.93. The number of amides is 2. The van der Waals surface area contributed by atoms with Gasteiger partial charge in [-0.1, -0.05) is 5.16 Å². The molecule has 3 heterocycles. The minimum Gasteiger partial charge on any atom is -0.360 e. The zero-order chi connectivity index (χ0) is 16.9. The molecule has 0 bridgehead atoms. The molecule has 7 nitrogen and oxygen atoms in total. The van der Waals surface area contributed by atoms with Crippen LogP contribution in [0.25, 0.3) is 0 Å². The van der Waals surface area contributed by atoms with Gasteiger partial charge in [0.15, 0.2) is 5.76 Å². The first-order valence-electron chi connectivity index (χ1n) is 7.85. The Kier molecular flexibility index (Phi) is 5.05. The molecule has 2 aromatic heterocycles. The maximum Gasteiger partial charge on any atom is 0.319 e. The highest BCUT2D eigenvalue weighted by Crippen LogP contribution is 2.22. The van der Waals surface area contributed by atoms with Crippen molar-refractivity contribution < 1.29 is 13.7 Å². The van der Waals surface area contributed by atoms with Crippen molar-refractivity contribution in [3.63, 3.8) is 0 Å². The highest BCUT2D eigenvalue weighted by Gasteiger charge is 2.32. The van der Waals surface area contributed by atoms with E-state index in [1.807, 2.05) is 17.9 Å². The van der Waals surface area contributed by atoms with Crippen molar-refractivity contribution in [1.29, 1.82) is 0 Å². The monoisotopic (exact) mass is 333 g/mol. The van der Waals surface area contributed by atoms with E-state index in [0.29, 0.717) is 37.5 Å². The molecule has 2 atom stereocenters. The van der Waals surface area contributed by atoms with Crippen LogP contribution in [0.1, 0.15) is 17.9 Å². The Bertz CT molecular complexity index is 678.